The number of piperazine rings is 1. The van der Waals surface area contributed by atoms with Crippen LogP contribution in [0.25, 0.3) is 0 Å². The summed E-state index contributed by atoms with van der Waals surface area (Å²) in [5.74, 6) is 2.54. The third kappa shape index (κ3) is 3.88. The Labute approximate surface area is 165 Å². The molecule has 0 saturated carbocycles. The molecule has 7 nitrogen and oxygen atoms in total. The van der Waals surface area contributed by atoms with E-state index in [4.69, 9.17) is 0 Å². The van der Waals surface area contributed by atoms with E-state index in [-0.39, 0.29) is 0 Å². The van der Waals surface area contributed by atoms with Gasteiger partial charge in [0.25, 0.3) is 0 Å². The Morgan fingerprint density at radius 1 is 0.786 bits per heavy atom. The van der Waals surface area contributed by atoms with Crippen LogP contribution in [-0.4, -0.2) is 46.1 Å². The van der Waals surface area contributed by atoms with Gasteiger partial charge in [-0.15, -0.1) is 0 Å². The van der Waals surface area contributed by atoms with Gasteiger partial charge in [0.2, 0.25) is 5.95 Å². The van der Waals surface area contributed by atoms with Gasteiger partial charge in [0.15, 0.2) is 0 Å². The van der Waals surface area contributed by atoms with Crippen LogP contribution in [0, 0.1) is 20.8 Å². The monoisotopic (exact) mass is 375 g/mol. The van der Waals surface area contributed by atoms with Crippen molar-refractivity contribution in [3.8, 4) is 0 Å². The summed E-state index contributed by atoms with van der Waals surface area (Å²) >= 11 is 0. The number of nitrogens with one attached hydrogen (secondary N) is 1. The van der Waals surface area contributed by atoms with Gasteiger partial charge >= 0.3 is 0 Å². The molecule has 0 unspecified atom stereocenters. The van der Waals surface area contributed by atoms with Crippen LogP contribution in [0.1, 0.15) is 16.7 Å². The number of rotatable bonds is 4. The minimum Gasteiger partial charge on any atom is -0.353 e. The van der Waals surface area contributed by atoms with E-state index in [9.17, 15) is 0 Å². The molecule has 4 rings (SSSR count). The van der Waals surface area contributed by atoms with Crippen LogP contribution in [0.3, 0.4) is 0 Å². The van der Waals surface area contributed by atoms with E-state index in [2.05, 4.69) is 68.0 Å². The second-order valence-electron chi connectivity index (χ2n) is 7.18. The lowest BCUT2D eigenvalue weighted by Gasteiger charge is -2.35. The molecule has 1 aliphatic rings. The molecule has 1 aliphatic heterocycles. The molecule has 0 atom stereocenters. The molecule has 144 valence electrons. The Morgan fingerprint density at radius 3 is 2.11 bits per heavy atom. The first-order valence-corrected chi connectivity index (χ1v) is 9.54. The molecule has 0 amide bonds. The fourth-order valence-corrected chi connectivity index (χ4v) is 3.68. The van der Waals surface area contributed by atoms with Crippen molar-refractivity contribution in [2.45, 2.75) is 20.8 Å². The fourth-order valence-electron chi connectivity index (χ4n) is 3.68. The van der Waals surface area contributed by atoms with Gasteiger partial charge in [-0.3, -0.25) is 0 Å². The number of hydrogen-bond donors (Lipinski definition) is 1. The van der Waals surface area contributed by atoms with Crippen molar-refractivity contribution in [2.75, 3.05) is 41.3 Å². The highest BCUT2D eigenvalue weighted by molar-refractivity contribution is 5.66. The minimum atomic E-state index is 0.789. The molecule has 3 heterocycles. The van der Waals surface area contributed by atoms with Crippen molar-refractivity contribution in [3.05, 3.63) is 59.7 Å². The minimum absolute atomic E-state index is 0.789. The second kappa shape index (κ2) is 7.80. The summed E-state index contributed by atoms with van der Waals surface area (Å²) in [6.45, 7) is 9.84. The van der Waals surface area contributed by atoms with Gasteiger partial charge in [-0.2, -0.15) is 0 Å². The number of hydrogen-bond acceptors (Lipinski definition) is 7. The Morgan fingerprint density at radius 2 is 1.43 bits per heavy atom. The van der Waals surface area contributed by atoms with Crippen LogP contribution in [0.15, 0.2) is 43.0 Å². The van der Waals surface area contributed by atoms with E-state index in [1.165, 1.54) is 16.7 Å². The smallest absolute Gasteiger partial charge is 0.225 e. The van der Waals surface area contributed by atoms with E-state index in [1.807, 2.05) is 12.1 Å². The van der Waals surface area contributed by atoms with Gasteiger partial charge in [-0.25, -0.2) is 19.9 Å². The first kappa shape index (κ1) is 18.2. The highest BCUT2D eigenvalue weighted by Gasteiger charge is 2.20. The first-order valence-electron chi connectivity index (χ1n) is 9.54. The predicted molar refractivity (Wildman–Crippen MR) is 112 cm³/mol. The number of anilines is 4. The molecular formula is C21H25N7. The van der Waals surface area contributed by atoms with Crippen molar-refractivity contribution >= 4 is 23.3 Å². The lowest BCUT2D eigenvalue weighted by Crippen LogP contribution is -2.47. The normalized spacial score (nSPS) is 14.2. The Bertz CT molecular complexity index is 927. The summed E-state index contributed by atoms with van der Waals surface area (Å²) in [4.78, 5) is 22.1. The topological polar surface area (TPSA) is 70.1 Å². The van der Waals surface area contributed by atoms with Crippen molar-refractivity contribution in [2.24, 2.45) is 0 Å². The van der Waals surface area contributed by atoms with E-state index in [0.717, 1.165) is 49.5 Å². The third-order valence-electron chi connectivity index (χ3n) is 5.02. The van der Waals surface area contributed by atoms with E-state index in [0.29, 0.717) is 0 Å². The van der Waals surface area contributed by atoms with Crippen LogP contribution in [0.5, 0.6) is 0 Å². The molecule has 0 aliphatic carbocycles. The van der Waals surface area contributed by atoms with Crippen LogP contribution < -0.4 is 15.1 Å². The average molecular weight is 375 g/mol. The maximum atomic E-state index is 4.49. The molecule has 2 aromatic heterocycles. The van der Waals surface area contributed by atoms with Crippen molar-refractivity contribution in [1.82, 2.24) is 19.9 Å². The standard InChI is InChI=1S/C21H25N7/c1-15-11-16(2)20(17(3)12-15)26-18-13-19(25-14-24-18)27-7-9-28(10-8-27)21-22-5-4-6-23-21/h4-6,11-14H,7-10H2,1-3H3,(H,24,25,26). The SMILES string of the molecule is Cc1cc(C)c(Nc2cc(N3CCN(c4ncccn4)CC3)ncn2)c(C)c1. The zero-order valence-electron chi connectivity index (χ0n) is 16.6. The third-order valence-corrected chi connectivity index (χ3v) is 5.02. The number of benzene rings is 1. The lowest BCUT2D eigenvalue weighted by molar-refractivity contribution is 0.634. The molecule has 28 heavy (non-hydrogen) atoms. The highest BCUT2D eigenvalue weighted by atomic mass is 15.3. The van der Waals surface area contributed by atoms with Crippen LogP contribution in [-0.2, 0) is 0 Å². The molecule has 1 N–H and O–H groups in total. The molecule has 1 aromatic carbocycles. The first-order chi connectivity index (χ1) is 13.6. The van der Waals surface area contributed by atoms with Gasteiger partial charge in [-0.05, 0) is 38.0 Å². The van der Waals surface area contributed by atoms with E-state index < -0.39 is 0 Å². The Kier molecular flexibility index (Phi) is 5.06. The summed E-state index contributed by atoms with van der Waals surface area (Å²) in [5.41, 5.74) is 4.81. The lowest BCUT2D eigenvalue weighted by atomic mass is 10.1. The van der Waals surface area contributed by atoms with Gasteiger partial charge in [0, 0.05) is 50.3 Å². The number of nitrogens with zero attached hydrogens (tertiary/aromatic N) is 6. The maximum absolute atomic E-state index is 4.49. The van der Waals surface area contributed by atoms with Crippen LogP contribution >= 0.6 is 0 Å². The fraction of sp³-hybridized carbons (Fsp3) is 0.333. The largest absolute Gasteiger partial charge is 0.353 e. The van der Waals surface area contributed by atoms with E-state index in [1.54, 1.807) is 18.7 Å². The Hall–Kier alpha value is -3.22. The van der Waals surface area contributed by atoms with Crippen molar-refractivity contribution in [1.29, 1.82) is 0 Å². The number of aromatic nitrogens is 4. The summed E-state index contributed by atoms with van der Waals surface area (Å²) in [7, 11) is 0. The second-order valence-corrected chi connectivity index (χ2v) is 7.18. The maximum Gasteiger partial charge on any atom is 0.225 e. The summed E-state index contributed by atoms with van der Waals surface area (Å²) < 4.78 is 0. The zero-order chi connectivity index (χ0) is 19.5. The summed E-state index contributed by atoms with van der Waals surface area (Å²) in [6, 6.07) is 8.23. The van der Waals surface area contributed by atoms with Crippen molar-refractivity contribution in [3.63, 3.8) is 0 Å². The average Bonchev–Trinajstić information content (AvgIpc) is 2.72. The molecule has 0 spiro atoms. The molecular weight excluding hydrogens is 350 g/mol. The summed E-state index contributed by atoms with van der Waals surface area (Å²) in [6.07, 6.45) is 5.20. The predicted octanol–water partition coefficient (Wildman–Crippen LogP) is 3.26. The molecule has 3 aromatic rings. The van der Waals surface area contributed by atoms with Crippen LogP contribution in [0.4, 0.5) is 23.3 Å². The highest BCUT2D eigenvalue weighted by Crippen LogP contribution is 2.26. The number of aryl methyl sites for hydroxylation is 3. The molecule has 1 saturated heterocycles. The van der Waals surface area contributed by atoms with Gasteiger partial charge < -0.3 is 15.1 Å². The summed E-state index contributed by atoms with van der Waals surface area (Å²) in [5, 5.41) is 3.47. The van der Waals surface area contributed by atoms with E-state index >= 15 is 0 Å². The molecule has 7 heteroatoms. The Balaban J connectivity index is 1.46. The molecule has 0 radical (unpaired) electrons. The van der Waals surface area contributed by atoms with Gasteiger partial charge in [0.1, 0.15) is 18.0 Å². The zero-order valence-corrected chi connectivity index (χ0v) is 16.6. The van der Waals surface area contributed by atoms with Crippen molar-refractivity contribution < 1.29 is 0 Å². The molecule has 0 bridgehead atoms. The van der Waals surface area contributed by atoms with Crippen LogP contribution in [0.2, 0.25) is 0 Å². The van der Waals surface area contributed by atoms with Gasteiger partial charge in [-0.1, -0.05) is 17.7 Å². The molecule has 1 fully saturated rings. The quantitative estimate of drug-likeness (QED) is 0.750. The van der Waals surface area contributed by atoms with Gasteiger partial charge in [0.05, 0.1) is 0 Å².